The molecule has 0 bridgehead atoms. The number of furan rings is 1. The lowest BCUT2D eigenvalue weighted by atomic mass is 9.94. The summed E-state index contributed by atoms with van der Waals surface area (Å²) in [6.07, 6.45) is 0. The Morgan fingerprint density at radius 1 is 0.467 bits per heavy atom. The first-order valence-corrected chi connectivity index (χ1v) is 16.0. The van der Waals surface area contributed by atoms with Gasteiger partial charge in [0.15, 0.2) is 0 Å². The Balaban J connectivity index is 1.25. The Morgan fingerprint density at radius 2 is 1.07 bits per heavy atom. The number of rotatable bonds is 5. The molecule has 0 saturated carbocycles. The van der Waals surface area contributed by atoms with E-state index in [2.05, 4.69) is 163 Å². The average Bonchev–Trinajstić information content (AvgIpc) is 3.69. The Kier molecular flexibility index (Phi) is 6.03. The van der Waals surface area contributed by atoms with Crippen molar-refractivity contribution in [3.05, 3.63) is 158 Å². The van der Waals surface area contributed by atoms with Gasteiger partial charge in [-0.15, -0.1) is 11.3 Å². The van der Waals surface area contributed by atoms with E-state index in [1.807, 2.05) is 11.3 Å². The van der Waals surface area contributed by atoms with Crippen molar-refractivity contribution in [2.24, 2.45) is 0 Å². The summed E-state index contributed by atoms with van der Waals surface area (Å²) in [6, 6.07) is 55.8. The first-order chi connectivity index (χ1) is 22.3. The van der Waals surface area contributed by atoms with Gasteiger partial charge in [0.2, 0.25) is 0 Å². The van der Waals surface area contributed by atoms with Crippen LogP contribution in [0.3, 0.4) is 0 Å². The maximum absolute atomic E-state index is 6.66. The fraction of sp³-hybridized carbons (Fsp3) is 0. The Hall–Kier alpha value is -5.64. The lowest BCUT2D eigenvalue weighted by Gasteiger charge is -2.12. The van der Waals surface area contributed by atoms with Gasteiger partial charge in [-0.2, -0.15) is 0 Å². The highest BCUT2D eigenvalue weighted by Crippen LogP contribution is 2.46. The number of nitrogens with one attached hydrogen (secondary N) is 1. The van der Waals surface area contributed by atoms with Gasteiger partial charge >= 0.3 is 0 Å². The predicted molar refractivity (Wildman–Crippen MR) is 193 cm³/mol. The second-order valence-electron chi connectivity index (χ2n) is 11.4. The van der Waals surface area contributed by atoms with Gasteiger partial charge in [0.05, 0.1) is 0 Å². The Morgan fingerprint density at radius 3 is 1.80 bits per heavy atom. The maximum Gasteiger partial charge on any atom is 0.143 e. The monoisotopic (exact) mass is 593 g/mol. The minimum Gasteiger partial charge on any atom is -0.455 e. The van der Waals surface area contributed by atoms with Crippen LogP contribution >= 0.6 is 11.3 Å². The minimum atomic E-state index is 0.877. The molecule has 0 fully saturated rings. The summed E-state index contributed by atoms with van der Waals surface area (Å²) in [5.41, 5.74) is 11.0. The van der Waals surface area contributed by atoms with Crippen molar-refractivity contribution in [3.8, 4) is 33.4 Å². The molecule has 7 aromatic carbocycles. The van der Waals surface area contributed by atoms with Crippen molar-refractivity contribution in [1.82, 2.24) is 0 Å². The summed E-state index contributed by atoms with van der Waals surface area (Å²) in [7, 11) is 0. The van der Waals surface area contributed by atoms with Crippen LogP contribution in [-0.2, 0) is 0 Å². The number of thiophene rings is 1. The molecule has 0 spiro atoms. The molecule has 9 aromatic rings. The molecule has 0 radical (unpaired) electrons. The molecule has 45 heavy (non-hydrogen) atoms. The van der Waals surface area contributed by atoms with E-state index in [0.29, 0.717) is 0 Å². The zero-order chi connectivity index (χ0) is 29.7. The first kappa shape index (κ1) is 25.8. The van der Waals surface area contributed by atoms with Crippen LogP contribution in [0.25, 0.3) is 75.5 Å². The normalized spacial score (nSPS) is 11.6. The smallest absolute Gasteiger partial charge is 0.143 e. The molecule has 0 atom stereocenters. The zero-order valence-electron chi connectivity index (χ0n) is 24.3. The molecular formula is C42H27NOS. The fourth-order valence-electron chi connectivity index (χ4n) is 6.59. The number of hydrogen-bond acceptors (Lipinski definition) is 3. The van der Waals surface area contributed by atoms with Crippen molar-refractivity contribution < 1.29 is 4.42 Å². The molecule has 0 aliphatic rings. The summed E-state index contributed by atoms with van der Waals surface area (Å²) in [4.78, 5) is 0. The third-order valence-corrected chi connectivity index (χ3v) is 9.88. The van der Waals surface area contributed by atoms with Gasteiger partial charge in [0.25, 0.3) is 0 Å². The highest BCUT2D eigenvalue weighted by atomic mass is 32.1. The molecule has 9 rings (SSSR count). The van der Waals surface area contributed by atoms with Gasteiger partial charge in [-0.1, -0.05) is 121 Å². The fourth-order valence-corrected chi connectivity index (χ4v) is 7.86. The molecule has 1 N–H and O–H groups in total. The molecule has 0 saturated heterocycles. The number of anilines is 2. The standard InChI is InChI=1S/C42H27NOS/c1-4-12-27(13-5-1)31-21-22-32(28-14-6-2-7-15-28)41-39(31)35-26-30(20-25-37(35)44-41)43-36-24-23-33(29-16-8-3-9-17-29)42-40(36)34-18-10-11-19-38(34)45-42/h1-26,43H. The first-order valence-electron chi connectivity index (χ1n) is 15.2. The van der Waals surface area contributed by atoms with E-state index < -0.39 is 0 Å². The number of hydrogen-bond donors (Lipinski definition) is 1. The van der Waals surface area contributed by atoms with E-state index in [9.17, 15) is 0 Å². The maximum atomic E-state index is 6.66. The molecule has 0 aliphatic carbocycles. The molecule has 0 amide bonds. The average molecular weight is 594 g/mol. The molecule has 0 aliphatic heterocycles. The highest BCUT2D eigenvalue weighted by Gasteiger charge is 2.19. The van der Waals surface area contributed by atoms with E-state index in [0.717, 1.165) is 44.4 Å². The third kappa shape index (κ3) is 4.32. The van der Waals surface area contributed by atoms with Gasteiger partial charge in [0, 0.05) is 47.9 Å². The van der Waals surface area contributed by atoms with Crippen molar-refractivity contribution in [1.29, 1.82) is 0 Å². The van der Waals surface area contributed by atoms with Crippen LogP contribution in [0.15, 0.2) is 162 Å². The number of fused-ring (bicyclic) bond motifs is 6. The largest absolute Gasteiger partial charge is 0.455 e. The van der Waals surface area contributed by atoms with E-state index in [1.54, 1.807) is 0 Å². The quantitative estimate of drug-likeness (QED) is 0.215. The SMILES string of the molecule is c1ccc(-c2ccc(-c3ccccc3)c3c2oc2ccc(Nc4ccc(-c5ccccc5)c5sc6ccccc6c45)cc23)cc1. The summed E-state index contributed by atoms with van der Waals surface area (Å²) in [6.45, 7) is 0. The molecule has 2 aromatic heterocycles. The molecular weight excluding hydrogens is 567 g/mol. The Labute approximate surface area is 264 Å². The lowest BCUT2D eigenvalue weighted by Crippen LogP contribution is -1.92. The van der Waals surface area contributed by atoms with Crippen LogP contribution in [0.4, 0.5) is 11.4 Å². The Bertz CT molecular complexity index is 2490. The zero-order valence-corrected chi connectivity index (χ0v) is 25.1. The summed E-state index contributed by atoms with van der Waals surface area (Å²) >= 11 is 1.86. The van der Waals surface area contributed by atoms with Crippen LogP contribution in [0.1, 0.15) is 0 Å². The van der Waals surface area contributed by atoms with Gasteiger partial charge in [-0.05, 0) is 64.2 Å². The molecule has 3 heteroatoms. The predicted octanol–water partition coefficient (Wildman–Crippen LogP) is 12.7. The summed E-state index contributed by atoms with van der Waals surface area (Å²) in [5, 5.41) is 8.57. The lowest BCUT2D eigenvalue weighted by molar-refractivity contribution is 0.670. The summed E-state index contributed by atoms with van der Waals surface area (Å²) in [5.74, 6) is 0. The van der Waals surface area contributed by atoms with E-state index in [4.69, 9.17) is 4.42 Å². The van der Waals surface area contributed by atoms with Crippen LogP contribution in [-0.4, -0.2) is 0 Å². The second-order valence-corrected chi connectivity index (χ2v) is 12.4. The molecule has 2 heterocycles. The van der Waals surface area contributed by atoms with E-state index in [-0.39, 0.29) is 0 Å². The van der Waals surface area contributed by atoms with Gasteiger partial charge < -0.3 is 9.73 Å². The minimum absolute atomic E-state index is 0.877. The topological polar surface area (TPSA) is 25.2 Å². The van der Waals surface area contributed by atoms with Crippen LogP contribution in [0, 0.1) is 0 Å². The van der Waals surface area contributed by atoms with Crippen LogP contribution in [0.2, 0.25) is 0 Å². The van der Waals surface area contributed by atoms with Gasteiger partial charge in [0.1, 0.15) is 11.2 Å². The third-order valence-electron chi connectivity index (χ3n) is 8.68. The molecule has 2 nitrogen and oxygen atoms in total. The highest BCUT2D eigenvalue weighted by molar-refractivity contribution is 7.26. The van der Waals surface area contributed by atoms with E-state index >= 15 is 0 Å². The molecule has 212 valence electrons. The van der Waals surface area contributed by atoms with E-state index in [1.165, 1.54) is 42.4 Å². The van der Waals surface area contributed by atoms with Crippen molar-refractivity contribution in [2.75, 3.05) is 5.32 Å². The van der Waals surface area contributed by atoms with Crippen molar-refractivity contribution in [3.63, 3.8) is 0 Å². The summed E-state index contributed by atoms with van der Waals surface area (Å²) < 4.78 is 9.24. The molecule has 0 unspecified atom stereocenters. The van der Waals surface area contributed by atoms with Crippen LogP contribution in [0.5, 0.6) is 0 Å². The van der Waals surface area contributed by atoms with Crippen molar-refractivity contribution in [2.45, 2.75) is 0 Å². The van der Waals surface area contributed by atoms with Gasteiger partial charge in [-0.3, -0.25) is 0 Å². The van der Waals surface area contributed by atoms with Crippen molar-refractivity contribution >= 4 is 64.8 Å². The number of benzene rings is 7. The van der Waals surface area contributed by atoms with Crippen LogP contribution < -0.4 is 5.32 Å². The second kappa shape index (κ2) is 10.5. The van der Waals surface area contributed by atoms with Gasteiger partial charge in [-0.25, -0.2) is 0 Å².